The van der Waals surface area contributed by atoms with Crippen LogP contribution in [0.3, 0.4) is 0 Å². The first-order chi connectivity index (χ1) is 10.1. The molecule has 0 aromatic heterocycles. The van der Waals surface area contributed by atoms with Crippen molar-refractivity contribution >= 4 is 63.1 Å². The lowest BCUT2D eigenvalue weighted by molar-refractivity contribution is -0.140. The third kappa shape index (κ3) is 9.58. The summed E-state index contributed by atoms with van der Waals surface area (Å²) in [6, 6.07) is 0. The van der Waals surface area contributed by atoms with Gasteiger partial charge in [0.15, 0.2) is 0 Å². The monoisotopic (exact) mass is 370 g/mol. The number of rotatable bonds is 10. The number of hydrogen-bond acceptors (Lipinski definition) is 7. The summed E-state index contributed by atoms with van der Waals surface area (Å²) in [5.74, 6) is -4.77. The number of thiocarbonyl (C=S) groups is 1. The molecule has 0 saturated carbocycles. The van der Waals surface area contributed by atoms with Crippen molar-refractivity contribution in [3.63, 3.8) is 0 Å². The van der Waals surface area contributed by atoms with Gasteiger partial charge in [-0.3, -0.25) is 19.2 Å². The van der Waals surface area contributed by atoms with Gasteiger partial charge in [0, 0.05) is 12.8 Å². The highest BCUT2D eigenvalue weighted by Gasteiger charge is 2.26. The topological polar surface area (TPSA) is 149 Å². The summed E-state index contributed by atoms with van der Waals surface area (Å²) >= 11 is 6.30. The molecule has 11 heteroatoms. The number of hydrogen-bond donors (Lipinski definition) is 4. The predicted molar refractivity (Wildman–Crippen MR) is 84.4 cm³/mol. The molecule has 0 radical (unpaired) electrons. The first-order valence-electron chi connectivity index (χ1n) is 5.90. The van der Waals surface area contributed by atoms with Gasteiger partial charge in [-0.1, -0.05) is 35.7 Å². The summed E-state index contributed by atoms with van der Waals surface area (Å²) in [5, 5.41) is 32.9. The van der Waals surface area contributed by atoms with Crippen LogP contribution in [0.15, 0.2) is 0 Å². The maximum Gasteiger partial charge on any atom is 0.317 e. The Morgan fingerprint density at radius 2 is 1.09 bits per heavy atom. The van der Waals surface area contributed by atoms with Crippen LogP contribution in [0.4, 0.5) is 0 Å². The molecule has 0 saturated heterocycles. The summed E-state index contributed by atoms with van der Waals surface area (Å²) in [6.07, 6.45) is -0.997. The molecule has 2 atom stereocenters. The molecule has 0 bridgehead atoms. The molecule has 0 aromatic carbocycles. The first kappa shape index (κ1) is 20.7. The minimum absolute atomic E-state index is 0.0237. The fourth-order valence-electron chi connectivity index (χ4n) is 1.23. The Hall–Kier alpha value is -1.33. The molecule has 22 heavy (non-hydrogen) atoms. The van der Waals surface area contributed by atoms with E-state index >= 15 is 0 Å². The Balaban J connectivity index is 4.57. The lowest BCUT2D eigenvalue weighted by Crippen LogP contribution is -2.22. The van der Waals surface area contributed by atoms with Gasteiger partial charge in [0.25, 0.3) is 0 Å². The van der Waals surface area contributed by atoms with E-state index in [4.69, 9.17) is 32.6 Å². The second kappa shape index (κ2) is 10.4. The number of carboxylic acids is 4. The van der Waals surface area contributed by atoms with Gasteiger partial charge >= 0.3 is 23.9 Å². The van der Waals surface area contributed by atoms with Crippen LogP contribution in [0.25, 0.3) is 0 Å². The summed E-state index contributed by atoms with van der Waals surface area (Å²) in [5.41, 5.74) is 0. The molecule has 0 aliphatic heterocycles. The van der Waals surface area contributed by atoms with E-state index in [2.05, 4.69) is 0 Å². The van der Waals surface area contributed by atoms with Crippen molar-refractivity contribution in [3.8, 4) is 0 Å². The zero-order chi connectivity index (χ0) is 17.3. The van der Waals surface area contributed by atoms with Crippen LogP contribution >= 0.6 is 35.7 Å². The molecular formula is C11H14O8S3. The highest BCUT2D eigenvalue weighted by atomic mass is 32.2. The molecule has 0 rings (SSSR count). The normalized spacial score (nSPS) is 13.1. The molecule has 0 aromatic rings. The summed E-state index contributed by atoms with van der Waals surface area (Å²) in [7, 11) is 0. The smallest absolute Gasteiger partial charge is 0.317 e. The maximum absolute atomic E-state index is 11.0. The van der Waals surface area contributed by atoms with E-state index in [1.54, 1.807) is 0 Å². The Morgan fingerprint density at radius 3 is 1.32 bits per heavy atom. The van der Waals surface area contributed by atoms with E-state index in [1.807, 2.05) is 0 Å². The van der Waals surface area contributed by atoms with Gasteiger partial charge in [-0.2, -0.15) is 0 Å². The summed E-state index contributed by atoms with van der Waals surface area (Å²) in [4.78, 5) is 42.9. The van der Waals surface area contributed by atoms with E-state index in [0.717, 1.165) is 0 Å². The third-order valence-electron chi connectivity index (χ3n) is 2.27. The number of carbonyl (C=O) groups is 4. The van der Waals surface area contributed by atoms with Crippen LogP contribution in [-0.2, 0) is 19.2 Å². The van der Waals surface area contributed by atoms with E-state index in [9.17, 15) is 19.2 Å². The largest absolute Gasteiger partial charge is 0.481 e. The summed E-state index contributed by atoms with van der Waals surface area (Å²) in [6.45, 7) is 0. The second-order valence-electron chi connectivity index (χ2n) is 4.00. The molecule has 124 valence electrons. The lowest BCUT2D eigenvalue weighted by Gasteiger charge is -2.14. The zero-order valence-electron chi connectivity index (χ0n) is 11.1. The quantitative estimate of drug-likeness (QED) is 0.413. The van der Waals surface area contributed by atoms with Crippen LogP contribution in [0, 0.1) is 0 Å². The highest BCUT2D eigenvalue weighted by Crippen LogP contribution is 2.30. The van der Waals surface area contributed by atoms with Crippen molar-refractivity contribution in [2.75, 3.05) is 0 Å². The van der Waals surface area contributed by atoms with Crippen molar-refractivity contribution < 1.29 is 39.6 Å². The molecule has 8 nitrogen and oxygen atoms in total. The van der Waals surface area contributed by atoms with Crippen LogP contribution in [0.5, 0.6) is 0 Å². The average molecular weight is 370 g/mol. The zero-order valence-corrected chi connectivity index (χ0v) is 13.6. The Morgan fingerprint density at radius 1 is 0.773 bits per heavy atom. The van der Waals surface area contributed by atoms with Crippen LogP contribution < -0.4 is 0 Å². The molecule has 4 N–H and O–H groups in total. The van der Waals surface area contributed by atoms with E-state index < -0.39 is 34.4 Å². The SMILES string of the molecule is O=C(O)CCC(SC(=S)SC(CCC(=O)O)C(=O)O)C(=O)O. The fourth-order valence-corrected chi connectivity index (χ4v) is 3.99. The Kier molecular flexibility index (Phi) is 9.78. The molecule has 0 heterocycles. The van der Waals surface area contributed by atoms with Crippen LogP contribution in [-0.4, -0.2) is 58.3 Å². The van der Waals surface area contributed by atoms with Gasteiger partial charge in [-0.15, -0.1) is 0 Å². The van der Waals surface area contributed by atoms with Crippen molar-refractivity contribution in [2.24, 2.45) is 0 Å². The average Bonchev–Trinajstić information content (AvgIpc) is 2.38. The van der Waals surface area contributed by atoms with Gasteiger partial charge in [0.05, 0.1) is 0 Å². The van der Waals surface area contributed by atoms with Gasteiger partial charge < -0.3 is 20.4 Å². The number of thioether (sulfide) groups is 2. The Bertz CT molecular complexity index is 424. The van der Waals surface area contributed by atoms with Crippen molar-refractivity contribution in [2.45, 2.75) is 36.2 Å². The van der Waals surface area contributed by atoms with Gasteiger partial charge in [0.1, 0.15) is 14.0 Å². The number of carboxylic acid groups (broad SMARTS) is 4. The molecular weight excluding hydrogens is 356 g/mol. The van der Waals surface area contributed by atoms with Crippen molar-refractivity contribution in [3.05, 3.63) is 0 Å². The van der Waals surface area contributed by atoms with E-state index in [-0.39, 0.29) is 29.2 Å². The first-order valence-corrected chi connectivity index (χ1v) is 8.06. The molecule has 0 aliphatic carbocycles. The van der Waals surface area contributed by atoms with E-state index in [0.29, 0.717) is 23.5 Å². The molecule has 0 fully saturated rings. The molecule has 0 spiro atoms. The van der Waals surface area contributed by atoms with Crippen molar-refractivity contribution in [1.82, 2.24) is 0 Å². The maximum atomic E-state index is 11.0. The number of aliphatic carboxylic acids is 4. The third-order valence-corrected chi connectivity index (χ3v) is 5.25. The van der Waals surface area contributed by atoms with Gasteiger partial charge in [0.2, 0.25) is 0 Å². The standard InChI is InChI=1S/C11H14O8S3/c12-7(13)3-1-5(9(16)17)21-11(20)22-6(10(18)19)2-4-8(14)15/h5-6H,1-4H2,(H,12,13)(H,14,15)(H,16,17)(H,18,19). The van der Waals surface area contributed by atoms with Gasteiger partial charge in [-0.25, -0.2) is 0 Å². The minimum atomic E-state index is -1.24. The molecule has 2 unspecified atom stereocenters. The lowest BCUT2D eigenvalue weighted by atomic mass is 10.2. The van der Waals surface area contributed by atoms with Crippen molar-refractivity contribution in [1.29, 1.82) is 0 Å². The minimum Gasteiger partial charge on any atom is -0.481 e. The van der Waals surface area contributed by atoms with Gasteiger partial charge in [-0.05, 0) is 12.8 Å². The predicted octanol–water partition coefficient (Wildman–Crippen LogP) is 1.37. The van der Waals surface area contributed by atoms with Crippen LogP contribution in [0.1, 0.15) is 25.7 Å². The molecule has 0 amide bonds. The van der Waals surface area contributed by atoms with E-state index in [1.165, 1.54) is 0 Å². The molecule has 0 aliphatic rings. The summed E-state index contributed by atoms with van der Waals surface area (Å²) < 4.78 is 0.0237. The highest BCUT2D eigenvalue weighted by molar-refractivity contribution is 8.47. The second-order valence-corrected chi connectivity index (χ2v) is 7.61. The Labute approximate surface area is 139 Å². The van der Waals surface area contributed by atoms with Crippen LogP contribution in [0.2, 0.25) is 0 Å². The fraction of sp³-hybridized carbons (Fsp3) is 0.545.